The Hall–Kier alpha value is -1.77. The predicted octanol–water partition coefficient (Wildman–Crippen LogP) is 1.84. The van der Waals surface area contributed by atoms with E-state index < -0.39 is 17.3 Å². The Balaban J connectivity index is 5.36. The van der Waals surface area contributed by atoms with Gasteiger partial charge in [0.05, 0.1) is 12.1 Å². The molecule has 2 amide bonds. The van der Waals surface area contributed by atoms with Gasteiger partial charge in [-0.1, -0.05) is 40.7 Å². The van der Waals surface area contributed by atoms with Crippen molar-refractivity contribution in [2.45, 2.75) is 46.7 Å². The Labute approximate surface area is 128 Å². The molecule has 0 fully saturated rings. The molecule has 0 aliphatic carbocycles. The van der Waals surface area contributed by atoms with Crippen molar-refractivity contribution < 1.29 is 9.59 Å². The first kappa shape index (κ1) is 19.2. The lowest BCUT2D eigenvalue weighted by atomic mass is 9.84. The molecule has 0 saturated heterocycles. The summed E-state index contributed by atoms with van der Waals surface area (Å²) in [5.41, 5.74) is -0.471. The minimum Gasteiger partial charge on any atom is -0.354 e. The third-order valence-electron chi connectivity index (χ3n) is 3.25. The van der Waals surface area contributed by atoms with Crippen LogP contribution in [0.4, 0.5) is 4.79 Å². The highest BCUT2D eigenvalue weighted by molar-refractivity contribution is 6.57. The van der Waals surface area contributed by atoms with Gasteiger partial charge in [0.1, 0.15) is 6.04 Å². The fourth-order valence-corrected chi connectivity index (χ4v) is 2.08. The van der Waals surface area contributed by atoms with E-state index in [4.69, 9.17) is 13.1 Å². The van der Waals surface area contributed by atoms with Crippen LogP contribution in [0.1, 0.15) is 34.6 Å². The molecule has 0 aliphatic rings. The van der Waals surface area contributed by atoms with Gasteiger partial charge in [-0.3, -0.25) is 9.59 Å². The summed E-state index contributed by atoms with van der Waals surface area (Å²) in [5.74, 6) is -0.828. The van der Waals surface area contributed by atoms with Gasteiger partial charge in [0.15, 0.2) is 5.81 Å². The second-order valence-corrected chi connectivity index (χ2v) is 6.48. The summed E-state index contributed by atoms with van der Waals surface area (Å²) in [7, 11) is 6.83. The highest BCUT2D eigenvalue weighted by Crippen LogP contribution is 2.23. The number of carbonyl (C=O) groups is 2. The summed E-state index contributed by atoms with van der Waals surface area (Å²) in [4.78, 5) is 25.4. The van der Waals surface area contributed by atoms with Crippen LogP contribution >= 0.6 is 0 Å². The zero-order valence-corrected chi connectivity index (χ0v) is 13.7. The summed E-state index contributed by atoms with van der Waals surface area (Å²) in [5, 5.41) is 11.2. The number of nitriles is 1. The number of amides is 2. The van der Waals surface area contributed by atoms with Crippen LogP contribution in [-0.4, -0.2) is 43.6 Å². The van der Waals surface area contributed by atoms with E-state index in [1.807, 2.05) is 40.7 Å². The molecule has 21 heavy (non-hydrogen) atoms. The van der Waals surface area contributed by atoms with Crippen molar-refractivity contribution in [3.8, 4) is 6.07 Å². The standard InChI is InChI=1S/C15H24BN3O2/c1-10(2)11(8-7-9-17)19(6)13(20)12(15(3,4)5)18-14(16)21/h7-8,10-12H,1-6H3,(H,18,21)/b8-7+/t11-,12-/m1/s1. The zero-order chi connectivity index (χ0) is 16.8. The van der Waals surface area contributed by atoms with E-state index in [1.54, 1.807) is 18.0 Å². The van der Waals surface area contributed by atoms with E-state index in [2.05, 4.69) is 5.32 Å². The quantitative estimate of drug-likeness (QED) is 0.620. The average Bonchev–Trinajstić information content (AvgIpc) is 2.33. The number of hydrogen-bond acceptors (Lipinski definition) is 3. The molecule has 2 radical (unpaired) electrons. The number of carbonyl (C=O) groups excluding carboxylic acids is 2. The number of nitrogens with one attached hydrogen (secondary N) is 1. The first-order chi connectivity index (χ1) is 9.52. The van der Waals surface area contributed by atoms with Crippen molar-refractivity contribution in [1.29, 1.82) is 5.26 Å². The molecule has 0 aromatic rings. The molecule has 114 valence electrons. The third kappa shape index (κ3) is 6.03. The number of nitrogens with zero attached hydrogens (tertiary/aromatic N) is 2. The van der Waals surface area contributed by atoms with Crippen LogP contribution in [0.5, 0.6) is 0 Å². The zero-order valence-electron chi connectivity index (χ0n) is 13.7. The van der Waals surface area contributed by atoms with Crippen LogP contribution in [0, 0.1) is 22.7 Å². The molecule has 0 unspecified atom stereocenters. The molecule has 0 aliphatic heterocycles. The van der Waals surface area contributed by atoms with Crippen LogP contribution in [0.15, 0.2) is 12.2 Å². The van der Waals surface area contributed by atoms with Crippen molar-refractivity contribution in [1.82, 2.24) is 10.2 Å². The Morgan fingerprint density at radius 1 is 1.33 bits per heavy atom. The Bertz CT molecular complexity index is 447. The van der Waals surface area contributed by atoms with Gasteiger partial charge in [0, 0.05) is 13.1 Å². The van der Waals surface area contributed by atoms with Gasteiger partial charge >= 0.3 is 0 Å². The second-order valence-electron chi connectivity index (χ2n) is 6.48. The van der Waals surface area contributed by atoms with Crippen molar-refractivity contribution >= 4 is 19.6 Å². The lowest BCUT2D eigenvalue weighted by molar-refractivity contribution is -0.136. The lowest BCUT2D eigenvalue weighted by Gasteiger charge is -2.37. The fraction of sp³-hybridized carbons (Fsp3) is 0.667. The summed E-state index contributed by atoms with van der Waals surface area (Å²) in [6.45, 7) is 9.49. The van der Waals surface area contributed by atoms with Gasteiger partial charge < -0.3 is 10.2 Å². The number of likely N-dealkylation sites (N-methyl/N-ethyl adjacent to an activating group) is 1. The molecule has 6 heteroatoms. The van der Waals surface area contributed by atoms with Gasteiger partial charge in [0.2, 0.25) is 13.8 Å². The first-order valence-corrected chi connectivity index (χ1v) is 6.91. The topological polar surface area (TPSA) is 73.2 Å². The fourth-order valence-electron chi connectivity index (χ4n) is 2.08. The Morgan fingerprint density at radius 2 is 1.86 bits per heavy atom. The van der Waals surface area contributed by atoms with Gasteiger partial charge in [-0.05, 0) is 11.3 Å². The summed E-state index contributed by atoms with van der Waals surface area (Å²) in [6.07, 6.45) is 3.05. The molecule has 1 N–H and O–H groups in total. The van der Waals surface area contributed by atoms with Crippen molar-refractivity contribution in [2.24, 2.45) is 11.3 Å². The van der Waals surface area contributed by atoms with E-state index in [0.717, 1.165) is 0 Å². The maximum atomic E-state index is 12.7. The minimum absolute atomic E-state index is 0.137. The monoisotopic (exact) mass is 289 g/mol. The molecule has 0 heterocycles. The normalized spacial score (nSPS) is 14.6. The largest absolute Gasteiger partial charge is 0.354 e. The molecule has 0 saturated carbocycles. The molecule has 0 aromatic heterocycles. The molecule has 0 rings (SSSR count). The van der Waals surface area contributed by atoms with Crippen molar-refractivity contribution in [3.63, 3.8) is 0 Å². The van der Waals surface area contributed by atoms with Crippen LogP contribution in [-0.2, 0) is 4.79 Å². The van der Waals surface area contributed by atoms with Gasteiger partial charge in [-0.2, -0.15) is 5.26 Å². The van der Waals surface area contributed by atoms with E-state index in [1.165, 1.54) is 6.08 Å². The highest BCUT2D eigenvalue weighted by Gasteiger charge is 2.35. The van der Waals surface area contributed by atoms with Gasteiger partial charge in [0.25, 0.3) is 0 Å². The van der Waals surface area contributed by atoms with E-state index >= 15 is 0 Å². The second kappa shape index (κ2) is 7.87. The Kier molecular flexibility index (Phi) is 7.21. The highest BCUT2D eigenvalue weighted by atomic mass is 16.2. The van der Waals surface area contributed by atoms with Crippen molar-refractivity contribution in [3.05, 3.63) is 12.2 Å². The summed E-state index contributed by atoms with van der Waals surface area (Å²) in [6, 6.07) is 0.980. The van der Waals surface area contributed by atoms with Gasteiger partial charge in [-0.25, -0.2) is 0 Å². The Morgan fingerprint density at radius 3 is 2.19 bits per heavy atom. The first-order valence-electron chi connectivity index (χ1n) is 6.91. The molecule has 0 bridgehead atoms. The summed E-state index contributed by atoms with van der Waals surface area (Å²) >= 11 is 0. The summed E-state index contributed by atoms with van der Waals surface area (Å²) < 4.78 is 0. The molecule has 2 atom stereocenters. The SMILES string of the molecule is [B]C(=O)N[C@H](C(=O)N(C)[C@H](/C=C/C#N)C(C)C)C(C)(C)C. The third-order valence-corrected chi connectivity index (χ3v) is 3.25. The maximum Gasteiger partial charge on any atom is 0.245 e. The molecule has 5 nitrogen and oxygen atoms in total. The molecular formula is C15H24BN3O2. The van der Waals surface area contributed by atoms with Crippen LogP contribution in [0.3, 0.4) is 0 Å². The maximum absolute atomic E-state index is 12.7. The predicted molar refractivity (Wildman–Crippen MR) is 83.7 cm³/mol. The smallest absolute Gasteiger partial charge is 0.245 e. The molecule has 0 spiro atoms. The van der Waals surface area contributed by atoms with E-state index in [9.17, 15) is 9.59 Å². The van der Waals surface area contributed by atoms with Crippen LogP contribution in [0.2, 0.25) is 0 Å². The van der Waals surface area contributed by atoms with Crippen molar-refractivity contribution in [2.75, 3.05) is 7.05 Å². The lowest BCUT2D eigenvalue weighted by Crippen LogP contribution is -2.56. The molecule has 0 aromatic carbocycles. The van der Waals surface area contributed by atoms with Crippen LogP contribution < -0.4 is 5.32 Å². The minimum atomic E-state index is -0.731. The molecular weight excluding hydrogens is 265 g/mol. The van der Waals surface area contributed by atoms with Crippen LogP contribution in [0.25, 0.3) is 0 Å². The van der Waals surface area contributed by atoms with Gasteiger partial charge in [-0.15, -0.1) is 0 Å². The number of rotatable bonds is 5. The van der Waals surface area contributed by atoms with E-state index in [0.29, 0.717) is 0 Å². The van der Waals surface area contributed by atoms with E-state index in [-0.39, 0.29) is 17.9 Å². The average molecular weight is 289 g/mol. The number of hydrogen-bond donors (Lipinski definition) is 1. The number of allylic oxidation sites excluding steroid dienone is 1.